The normalized spacial score (nSPS) is 14.8. The van der Waals surface area contributed by atoms with Gasteiger partial charge in [-0.3, -0.25) is 9.36 Å². The number of hydrogen-bond donors (Lipinski definition) is 0. The van der Waals surface area contributed by atoms with Gasteiger partial charge < -0.3 is 9.80 Å². The van der Waals surface area contributed by atoms with Crippen molar-refractivity contribution in [3.05, 3.63) is 87.8 Å². The molecule has 0 atom stereocenters. The molecule has 0 saturated carbocycles. The van der Waals surface area contributed by atoms with E-state index in [0.29, 0.717) is 0 Å². The van der Waals surface area contributed by atoms with Crippen molar-refractivity contribution in [1.82, 2.24) is 9.47 Å². The van der Waals surface area contributed by atoms with Crippen LogP contribution < -0.4 is 10.5 Å². The van der Waals surface area contributed by atoms with Gasteiger partial charge in [0.25, 0.3) is 5.56 Å². The summed E-state index contributed by atoms with van der Waals surface area (Å²) in [6.07, 6.45) is 1.80. The molecule has 1 aliphatic heterocycles. The number of hydrogen-bond acceptors (Lipinski definition) is 3. The monoisotopic (exact) mass is 365 g/mol. The van der Waals surface area contributed by atoms with Gasteiger partial charge in [-0.2, -0.15) is 0 Å². The zero-order valence-electron chi connectivity index (χ0n) is 14.6. The number of aromatic nitrogens is 1. The fraction of sp³-hybridized carbons (Fsp3) is 0.190. The molecule has 132 valence electrons. The molecule has 0 fully saturated rings. The van der Waals surface area contributed by atoms with Crippen LogP contribution in [0.3, 0.4) is 0 Å². The molecule has 26 heavy (non-hydrogen) atoms. The van der Waals surface area contributed by atoms with Gasteiger partial charge in [-0.25, -0.2) is 0 Å². The third-order valence-electron chi connectivity index (χ3n) is 4.73. The van der Waals surface area contributed by atoms with E-state index in [4.69, 9.17) is 11.6 Å². The molecule has 3 aromatic rings. The van der Waals surface area contributed by atoms with Crippen molar-refractivity contribution in [2.45, 2.75) is 6.54 Å². The zero-order valence-corrected chi connectivity index (χ0v) is 15.4. The third kappa shape index (κ3) is 3.26. The Morgan fingerprint density at radius 3 is 2.62 bits per heavy atom. The lowest BCUT2D eigenvalue weighted by atomic mass is 10.1. The van der Waals surface area contributed by atoms with E-state index < -0.39 is 0 Å². The number of halogens is 1. The quantitative estimate of drug-likeness (QED) is 0.685. The van der Waals surface area contributed by atoms with E-state index in [1.165, 1.54) is 5.56 Å². The minimum Gasteiger partial charge on any atom is -0.340 e. The Morgan fingerprint density at radius 1 is 0.923 bits per heavy atom. The summed E-state index contributed by atoms with van der Waals surface area (Å²) in [7, 11) is 2.13. The smallest absolute Gasteiger partial charge is 0.255 e. The summed E-state index contributed by atoms with van der Waals surface area (Å²) in [5.74, 6) is 0. The van der Waals surface area contributed by atoms with Crippen molar-refractivity contribution in [2.75, 3.05) is 25.0 Å². The van der Waals surface area contributed by atoms with Crippen LogP contribution in [0.1, 0.15) is 5.56 Å². The Balaban J connectivity index is 1.86. The number of anilines is 2. The Kier molecular flexibility index (Phi) is 4.53. The van der Waals surface area contributed by atoms with Crippen LogP contribution >= 0.6 is 11.6 Å². The second-order valence-corrected chi connectivity index (χ2v) is 7.03. The lowest BCUT2D eigenvalue weighted by Crippen LogP contribution is -2.26. The van der Waals surface area contributed by atoms with Gasteiger partial charge in [0.15, 0.2) is 0 Å². The summed E-state index contributed by atoms with van der Waals surface area (Å²) < 4.78 is 1.67. The van der Waals surface area contributed by atoms with Crippen molar-refractivity contribution in [2.24, 2.45) is 0 Å². The molecule has 5 heteroatoms. The first-order chi connectivity index (χ1) is 12.6. The van der Waals surface area contributed by atoms with E-state index >= 15 is 0 Å². The van der Waals surface area contributed by atoms with Crippen LogP contribution in [0.15, 0.2) is 71.7 Å². The minimum absolute atomic E-state index is 0.0347. The standard InChI is InChI=1S/C21H20ClN3O/c1-23-11-12-24(18-6-4-5-17(22)13-18)20-14-19(9-8-16(20)15-23)25-10-3-2-7-21(25)26/h2-10,13-14H,11-12,15H2,1H3. The van der Waals surface area contributed by atoms with E-state index in [1.807, 2.05) is 30.3 Å². The van der Waals surface area contributed by atoms with Crippen molar-refractivity contribution >= 4 is 23.0 Å². The van der Waals surface area contributed by atoms with Crippen molar-refractivity contribution in [3.8, 4) is 5.69 Å². The Labute approximate surface area is 157 Å². The minimum atomic E-state index is -0.0347. The van der Waals surface area contributed by atoms with Crippen LogP contribution in [0.2, 0.25) is 5.02 Å². The molecule has 0 aliphatic carbocycles. The average molecular weight is 366 g/mol. The van der Waals surface area contributed by atoms with Gasteiger partial charge in [0, 0.05) is 48.3 Å². The van der Waals surface area contributed by atoms with Crippen molar-refractivity contribution in [1.29, 1.82) is 0 Å². The SMILES string of the molecule is CN1CCN(c2cccc(Cl)c2)c2cc(-n3ccccc3=O)ccc2C1. The lowest BCUT2D eigenvalue weighted by molar-refractivity contribution is 0.343. The Hall–Kier alpha value is -2.56. The molecule has 2 heterocycles. The molecule has 0 N–H and O–H groups in total. The highest BCUT2D eigenvalue weighted by atomic mass is 35.5. The summed E-state index contributed by atoms with van der Waals surface area (Å²) >= 11 is 6.23. The summed E-state index contributed by atoms with van der Waals surface area (Å²) in [5.41, 5.74) is 4.24. The first-order valence-electron chi connectivity index (χ1n) is 8.64. The van der Waals surface area contributed by atoms with Gasteiger partial charge in [-0.15, -0.1) is 0 Å². The highest BCUT2D eigenvalue weighted by Gasteiger charge is 2.20. The van der Waals surface area contributed by atoms with E-state index in [1.54, 1.807) is 22.9 Å². The van der Waals surface area contributed by atoms with E-state index in [2.05, 4.69) is 35.0 Å². The number of rotatable bonds is 2. The lowest BCUT2D eigenvalue weighted by Gasteiger charge is -2.26. The summed E-state index contributed by atoms with van der Waals surface area (Å²) in [6, 6.07) is 19.3. The second-order valence-electron chi connectivity index (χ2n) is 6.59. The molecule has 0 amide bonds. The van der Waals surface area contributed by atoms with Crippen LogP contribution in [0.5, 0.6) is 0 Å². The van der Waals surface area contributed by atoms with E-state index in [9.17, 15) is 4.79 Å². The molecule has 1 aliphatic rings. The summed E-state index contributed by atoms with van der Waals surface area (Å²) in [4.78, 5) is 16.8. The van der Waals surface area contributed by atoms with Crippen LogP contribution in [0.25, 0.3) is 5.69 Å². The zero-order chi connectivity index (χ0) is 18.1. The average Bonchev–Trinajstić information content (AvgIpc) is 2.80. The maximum atomic E-state index is 12.2. The highest BCUT2D eigenvalue weighted by Crippen LogP contribution is 2.34. The number of pyridine rings is 1. The maximum Gasteiger partial charge on any atom is 0.255 e. The number of likely N-dealkylation sites (N-methyl/N-ethyl adjacent to an activating group) is 1. The van der Waals surface area contributed by atoms with Crippen LogP contribution in [-0.4, -0.2) is 29.6 Å². The van der Waals surface area contributed by atoms with Crippen LogP contribution in [0, 0.1) is 0 Å². The topological polar surface area (TPSA) is 28.5 Å². The number of nitrogens with zero attached hydrogens (tertiary/aromatic N) is 3. The van der Waals surface area contributed by atoms with E-state index in [-0.39, 0.29) is 5.56 Å². The van der Waals surface area contributed by atoms with Crippen molar-refractivity contribution in [3.63, 3.8) is 0 Å². The van der Waals surface area contributed by atoms with Crippen LogP contribution in [0.4, 0.5) is 11.4 Å². The highest BCUT2D eigenvalue weighted by molar-refractivity contribution is 6.30. The van der Waals surface area contributed by atoms with Gasteiger partial charge in [-0.05, 0) is 49.0 Å². The molecule has 0 bridgehead atoms. The molecule has 0 spiro atoms. The fourth-order valence-electron chi connectivity index (χ4n) is 3.40. The Morgan fingerprint density at radius 2 is 1.81 bits per heavy atom. The maximum absolute atomic E-state index is 12.2. The fourth-order valence-corrected chi connectivity index (χ4v) is 3.59. The third-order valence-corrected chi connectivity index (χ3v) is 4.96. The molecule has 2 aromatic carbocycles. The first kappa shape index (κ1) is 16.9. The Bertz CT molecular complexity index is 998. The molecular weight excluding hydrogens is 346 g/mol. The largest absolute Gasteiger partial charge is 0.340 e. The van der Waals surface area contributed by atoms with Gasteiger partial charge in [0.2, 0.25) is 0 Å². The molecule has 4 rings (SSSR count). The molecule has 4 nitrogen and oxygen atoms in total. The molecule has 0 unspecified atom stereocenters. The number of fused-ring (bicyclic) bond motifs is 1. The molecule has 0 radical (unpaired) electrons. The van der Waals surface area contributed by atoms with Gasteiger partial charge in [-0.1, -0.05) is 29.8 Å². The van der Waals surface area contributed by atoms with E-state index in [0.717, 1.165) is 41.7 Å². The van der Waals surface area contributed by atoms with Gasteiger partial charge in [0.05, 0.1) is 5.69 Å². The predicted molar refractivity (Wildman–Crippen MR) is 107 cm³/mol. The molecular formula is C21H20ClN3O. The van der Waals surface area contributed by atoms with Crippen molar-refractivity contribution < 1.29 is 0 Å². The van der Waals surface area contributed by atoms with Crippen LogP contribution in [-0.2, 0) is 6.54 Å². The summed E-state index contributed by atoms with van der Waals surface area (Å²) in [5, 5.41) is 0.720. The second kappa shape index (κ2) is 6.98. The number of benzene rings is 2. The predicted octanol–water partition coefficient (Wildman–Crippen LogP) is 4.07. The summed E-state index contributed by atoms with van der Waals surface area (Å²) in [6.45, 7) is 2.68. The van der Waals surface area contributed by atoms with Gasteiger partial charge in [0.1, 0.15) is 0 Å². The molecule has 1 aromatic heterocycles. The van der Waals surface area contributed by atoms with Gasteiger partial charge >= 0.3 is 0 Å². The molecule has 0 saturated heterocycles. The first-order valence-corrected chi connectivity index (χ1v) is 9.02.